The number of hydrogen-bond acceptors (Lipinski definition) is 3. The van der Waals surface area contributed by atoms with Crippen LogP contribution in [0.5, 0.6) is 0 Å². The largest absolute Gasteiger partial charge is 0.335 e. The lowest BCUT2D eigenvalue weighted by atomic mass is 10.2. The summed E-state index contributed by atoms with van der Waals surface area (Å²) in [6.07, 6.45) is 2.01. The van der Waals surface area contributed by atoms with E-state index in [1.54, 1.807) is 42.5 Å². The molecule has 1 aliphatic carbocycles. The molecule has 1 aliphatic rings. The molecule has 26 heavy (non-hydrogen) atoms. The second-order valence-electron chi connectivity index (χ2n) is 6.25. The van der Waals surface area contributed by atoms with Gasteiger partial charge in [-0.2, -0.15) is 0 Å². The van der Waals surface area contributed by atoms with Gasteiger partial charge in [0.25, 0.3) is 5.91 Å². The van der Waals surface area contributed by atoms with E-state index < -0.39 is 0 Å². The second-order valence-corrected chi connectivity index (χ2v) is 6.25. The summed E-state index contributed by atoms with van der Waals surface area (Å²) in [5.41, 5.74) is 2.49. The standard InChI is InChI=1S/C18H17N5O3/c24-16(19-13-6-7-14-15(9-13)23-18(26)22-14)10-2-1-3-12(8-10)21-17(25)20-11-4-5-11/h1-3,6-9,11H,4-5H2,(H,19,24)(H2,20,21,25)(H2,22,23,26). The normalized spacial score (nSPS) is 13.4. The average molecular weight is 351 g/mol. The number of aromatic nitrogens is 2. The fourth-order valence-corrected chi connectivity index (χ4v) is 2.63. The number of rotatable bonds is 4. The van der Waals surface area contributed by atoms with E-state index in [0.29, 0.717) is 28.0 Å². The molecular weight excluding hydrogens is 334 g/mol. The molecule has 2 aromatic carbocycles. The molecule has 5 N–H and O–H groups in total. The summed E-state index contributed by atoms with van der Waals surface area (Å²) in [5, 5.41) is 8.33. The lowest BCUT2D eigenvalue weighted by Crippen LogP contribution is -2.30. The minimum Gasteiger partial charge on any atom is -0.335 e. The number of fused-ring (bicyclic) bond motifs is 1. The maximum atomic E-state index is 12.5. The van der Waals surface area contributed by atoms with E-state index >= 15 is 0 Å². The summed E-state index contributed by atoms with van der Waals surface area (Å²) in [6, 6.07) is 11.8. The highest BCUT2D eigenvalue weighted by Crippen LogP contribution is 2.19. The molecule has 1 saturated carbocycles. The maximum absolute atomic E-state index is 12.5. The van der Waals surface area contributed by atoms with Gasteiger partial charge in [0.05, 0.1) is 11.0 Å². The monoisotopic (exact) mass is 351 g/mol. The van der Waals surface area contributed by atoms with Crippen LogP contribution in [0.15, 0.2) is 47.3 Å². The highest BCUT2D eigenvalue weighted by Gasteiger charge is 2.23. The Bertz CT molecular complexity index is 1050. The number of nitrogens with one attached hydrogen (secondary N) is 5. The molecule has 0 atom stereocenters. The van der Waals surface area contributed by atoms with Gasteiger partial charge in [-0.25, -0.2) is 9.59 Å². The van der Waals surface area contributed by atoms with Crippen LogP contribution in [-0.2, 0) is 0 Å². The number of benzene rings is 2. The van der Waals surface area contributed by atoms with Crippen molar-refractivity contribution < 1.29 is 9.59 Å². The van der Waals surface area contributed by atoms with E-state index in [1.807, 2.05) is 0 Å². The molecule has 1 aromatic heterocycles. The first-order chi connectivity index (χ1) is 12.6. The summed E-state index contributed by atoms with van der Waals surface area (Å²) in [6.45, 7) is 0. The van der Waals surface area contributed by atoms with Crippen molar-refractivity contribution in [2.24, 2.45) is 0 Å². The van der Waals surface area contributed by atoms with Gasteiger partial charge < -0.3 is 25.9 Å². The molecule has 132 valence electrons. The molecule has 8 nitrogen and oxygen atoms in total. The van der Waals surface area contributed by atoms with Gasteiger partial charge in [-0.15, -0.1) is 0 Å². The Balaban J connectivity index is 1.47. The topological polar surface area (TPSA) is 119 Å². The summed E-state index contributed by atoms with van der Waals surface area (Å²) in [4.78, 5) is 40.9. The van der Waals surface area contributed by atoms with Gasteiger partial charge in [-0.3, -0.25) is 4.79 Å². The van der Waals surface area contributed by atoms with Gasteiger partial charge in [0.1, 0.15) is 0 Å². The highest BCUT2D eigenvalue weighted by atomic mass is 16.2. The summed E-state index contributed by atoms with van der Waals surface area (Å²) in [7, 11) is 0. The van der Waals surface area contributed by atoms with Crippen molar-refractivity contribution in [2.45, 2.75) is 18.9 Å². The molecule has 0 saturated heterocycles. The zero-order valence-corrected chi connectivity index (χ0v) is 13.8. The number of carbonyl (C=O) groups is 2. The van der Waals surface area contributed by atoms with Crippen LogP contribution in [-0.4, -0.2) is 27.9 Å². The summed E-state index contributed by atoms with van der Waals surface area (Å²) in [5.74, 6) is -0.312. The molecule has 8 heteroatoms. The van der Waals surface area contributed by atoms with E-state index in [1.165, 1.54) is 0 Å². The number of hydrogen-bond donors (Lipinski definition) is 5. The Morgan fingerprint density at radius 3 is 2.50 bits per heavy atom. The molecule has 0 radical (unpaired) electrons. The number of anilines is 2. The lowest BCUT2D eigenvalue weighted by Gasteiger charge is -2.09. The zero-order valence-electron chi connectivity index (χ0n) is 13.8. The minimum atomic E-state index is -0.312. The van der Waals surface area contributed by atoms with Crippen molar-refractivity contribution in [1.82, 2.24) is 15.3 Å². The van der Waals surface area contributed by atoms with Crippen LogP contribution in [0, 0.1) is 0 Å². The molecule has 0 spiro atoms. The van der Waals surface area contributed by atoms with Gasteiger partial charge in [0.15, 0.2) is 0 Å². The molecule has 0 unspecified atom stereocenters. The Kier molecular flexibility index (Phi) is 3.92. The smallest absolute Gasteiger partial charge is 0.323 e. The fourth-order valence-electron chi connectivity index (χ4n) is 2.63. The minimum absolute atomic E-state index is 0.260. The number of aromatic amines is 2. The second kappa shape index (κ2) is 6.40. The van der Waals surface area contributed by atoms with E-state index in [9.17, 15) is 14.4 Å². The quantitative estimate of drug-likeness (QED) is 0.496. The first kappa shape index (κ1) is 15.9. The van der Waals surface area contributed by atoms with Crippen molar-refractivity contribution in [3.8, 4) is 0 Å². The molecule has 0 bridgehead atoms. The molecule has 1 heterocycles. The average Bonchev–Trinajstić information content (AvgIpc) is 3.33. The Morgan fingerprint density at radius 1 is 0.923 bits per heavy atom. The van der Waals surface area contributed by atoms with Crippen LogP contribution in [0.3, 0.4) is 0 Å². The van der Waals surface area contributed by atoms with E-state index in [4.69, 9.17) is 0 Å². The van der Waals surface area contributed by atoms with Gasteiger partial charge in [-0.1, -0.05) is 6.07 Å². The van der Waals surface area contributed by atoms with Crippen LogP contribution in [0.25, 0.3) is 11.0 Å². The Hall–Kier alpha value is -3.55. The lowest BCUT2D eigenvalue weighted by molar-refractivity contribution is 0.102. The van der Waals surface area contributed by atoms with Crippen molar-refractivity contribution in [3.05, 3.63) is 58.5 Å². The van der Waals surface area contributed by atoms with Crippen molar-refractivity contribution in [1.29, 1.82) is 0 Å². The summed E-state index contributed by atoms with van der Waals surface area (Å²) < 4.78 is 0. The van der Waals surface area contributed by atoms with Gasteiger partial charge in [0, 0.05) is 23.0 Å². The highest BCUT2D eigenvalue weighted by molar-refractivity contribution is 6.06. The zero-order chi connectivity index (χ0) is 18.1. The number of carbonyl (C=O) groups excluding carboxylic acids is 2. The van der Waals surface area contributed by atoms with Crippen molar-refractivity contribution in [3.63, 3.8) is 0 Å². The van der Waals surface area contributed by atoms with Crippen molar-refractivity contribution in [2.75, 3.05) is 10.6 Å². The van der Waals surface area contributed by atoms with Gasteiger partial charge in [0.2, 0.25) is 0 Å². The Morgan fingerprint density at radius 2 is 1.69 bits per heavy atom. The van der Waals surface area contributed by atoms with E-state index in [-0.39, 0.29) is 23.7 Å². The molecule has 0 aliphatic heterocycles. The molecule has 3 aromatic rings. The number of urea groups is 1. The third-order valence-electron chi connectivity index (χ3n) is 4.07. The number of amides is 3. The van der Waals surface area contributed by atoms with E-state index in [0.717, 1.165) is 12.8 Å². The van der Waals surface area contributed by atoms with Crippen LogP contribution in [0.2, 0.25) is 0 Å². The number of imidazole rings is 1. The molecular formula is C18H17N5O3. The van der Waals surface area contributed by atoms with E-state index in [2.05, 4.69) is 25.9 Å². The molecule has 3 amide bonds. The van der Waals surface area contributed by atoms with Crippen LogP contribution in [0.1, 0.15) is 23.2 Å². The van der Waals surface area contributed by atoms with Crippen LogP contribution < -0.4 is 21.6 Å². The van der Waals surface area contributed by atoms with Crippen LogP contribution >= 0.6 is 0 Å². The maximum Gasteiger partial charge on any atom is 0.323 e. The Labute approximate surface area is 148 Å². The van der Waals surface area contributed by atoms with Crippen molar-refractivity contribution >= 4 is 34.3 Å². The first-order valence-electron chi connectivity index (χ1n) is 8.28. The van der Waals surface area contributed by atoms with Crippen LogP contribution in [0.4, 0.5) is 16.2 Å². The number of H-pyrrole nitrogens is 2. The molecule has 1 fully saturated rings. The van der Waals surface area contributed by atoms with Gasteiger partial charge in [-0.05, 0) is 49.2 Å². The van der Waals surface area contributed by atoms with Gasteiger partial charge >= 0.3 is 11.7 Å². The predicted octanol–water partition coefficient (Wildman–Crippen LogP) is 2.39. The third kappa shape index (κ3) is 3.59. The fraction of sp³-hybridized carbons (Fsp3) is 0.167. The third-order valence-corrected chi connectivity index (χ3v) is 4.07. The predicted molar refractivity (Wildman–Crippen MR) is 98.5 cm³/mol. The molecule has 4 rings (SSSR count). The summed E-state index contributed by atoms with van der Waals surface area (Å²) >= 11 is 0. The first-order valence-corrected chi connectivity index (χ1v) is 8.28. The SMILES string of the molecule is O=C(Nc1cccc(C(=O)Nc2ccc3[nH]c(=O)[nH]c3c2)c1)NC1CC1.